The van der Waals surface area contributed by atoms with Crippen LogP contribution in [0.4, 0.5) is 5.82 Å². The molecule has 0 atom stereocenters. The molecule has 1 aliphatic rings. The molecule has 1 saturated heterocycles. The smallest absolute Gasteiger partial charge is 0.171 e. The van der Waals surface area contributed by atoms with Gasteiger partial charge in [-0.1, -0.05) is 6.07 Å². The Bertz CT molecular complexity index is 666. The van der Waals surface area contributed by atoms with Crippen LogP contribution in [0.5, 0.6) is 5.75 Å². The maximum atomic E-state index is 5.46. The lowest BCUT2D eigenvalue weighted by atomic mass is 10.2. The number of pyridine rings is 2. The molecule has 0 unspecified atom stereocenters. The summed E-state index contributed by atoms with van der Waals surface area (Å²) in [7, 11) is 1.70. The maximum absolute atomic E-state index is 5.46. The molecule has 1 fully saturated rings. The van der Waals surface area contributed by atoms with Gasteiger partial charge in [0.1, 0.15) is 0 Å². The van der Waals surface area contributed by atoms with E-state index in [2.05, 4.69) is 32.8 Å². The van der Waals surface area contributed by atoms with Crippen molar-refractivity contribution in [2.24, 2.45) is 0 Å². The quantitative estimate of drug-likeness (QED) is 0.867. The Morgan fingerprint density at radius 3 is 2.57 bits per heavy atom. The summed E-state index contributed by atoms with van der Waals surface area (Å²) in [4.78, 5) is 13.9. The molecular weight excluding hydrogens is 288 g/mol. The molecule has 0 aliphatic carbocycles. The van der Waals surface area contributed by atoms with Crippen LogP contribution in [0.1, 0.15) is 17.0 Å². The van der Waals surface area contributed by atoms with E-state index in [0.717, 1.165) is 50.0 Å². The molecule has 23 heavy (non-hydrogen) atoms. The van der Waals surface area contributed by atoms with Crippen molar-refractivity contribution in [1.82, 2.24) is 14.9 Å². The second-order valence-electron chi connectivity index (χ2n) is 6.01. The van der Waals surface area contributed by atoms with Crippen LogP contribution in [0.2, 0.25) is 0 Å². The number of ether oxygens (including phenoxy) is 1. The lowest BCUT2D eigenvalue weighted by molar-refractivity contribution is 0.245. The predicted molar refractivity (Wildman–Crippen MR) is 92.0 cm³/mol. The van der Waals surface area contributed by atoms with E-state index in [1.165, 1.54) is 11.3 Å². The van der Waals surface area contributed by atoms with E-state index in [-0.39, 0.29) is 0 Å². The first-order chi connectivity index (χ1) is 11.2. The number of nitrogens with zero attached hydrogens (tertiary/aromatic N) is 4. The fourth-order valence-electron chi connectivity index (χ4n) is 2.93. The number of piperazine rings is 1. The van der Waals surface area contributed by atoms with Crippen molar-refractivity contribution in [1.29, 1.82) is 0 Å². The molecule has 3 heterocycles. The third kappa shape index (κ3) is 3.62. The standard InChI is InChI=1S/C18H24N4O/c1-14-5-4-8-19-16(14)13-21-9-11-22(12-10-21)18-17(23-3)7-6-15(2)20-18/h4-8H,9-13H2,1-3H3. The van der Waals surface area contributed by atoms with E-state index in [9.17, 15) is 0 Å². The molecule has 5 nitrogen and oxygen atoms in total. The van der Waals surface area contributed by atoms with Crippen molar-refractivity contribution in [3.8, 4) is 5.75 Å². The molecule has 0 amide bonds. The van der Waals surface area contributed by atoms with Gasteiger partial charge in [-0.15, -0.1) is 0 Å². The van der Waals surface area contributed by atoms with E-state index in [4.69, 9.17) is 4.74 Å². The highest BCUT2D eigenvalue weighted by Crippen LogP contribution is 2.27. The van der Waals surface area contributed by atoms with E-state index in [1.54, 1.807) is 7.11 Å². The van der Waals surface area contributed by atoms with Gasteiger partial charge in [0.15, 0.2) is 11.6 Å². The molecule has 0 spiro atoms. The normalized spacial score (nSPS) is 15.7. The number of methoxy groups -OCH3 is 1. The van der Waals surface area contributed by atoms with Crippen LogP contribution in [0.15, 0.2) is 30.5 Å². The summed E-state index contributed by atoms with van der Waals surface area (Å²) in [6.45, 7) is 8.99. The number of hydrogen-bond acceptors (Lipinski definition) is 5. The summed E-state index contributed by atoms with van der Waals surface area (Å²) in [6.07, 6.45) is 1.88. The van der Waals surface area contributed by atoms with E-state index in [0.29, 0.717) is 0 Å². The Balaban J connectivity index is 1.65. The monoisotopic (exact) mass is 312 g/mol. The van der Waals surface area contributed by atoms with Gasteiger partial charge in [0.05, 0.1) is 12.8 Å². The van der Waals surface area contributed by atoms with Gasteiger partial charge in [0, 0.05) is 44.6 Å². The SMILES string of the molecule is COc1ccc(C)nc1N1CCN(Cc2ncccc2C)CC1. The third-order valence-electron chi connectivity index (χ3n) is 4.36. The summed E-state index contributed by atoms with van der Waals surface area (Å²) in [5, 5.41) is 0. The third-order valence-corrected chi connectivity index (χ3v) is 4.36. The maximum Gasteiger partial charge on any atom is 0.171 e. The van der Waals surface area contributed by atoms with Crippen molar-refractivity contribution in [2.75, 3.05) is 38.2 Å². The molecule has 0 aromatic carbocycles. The molecule has 3 rings (SSSR count). The highest BCUT2D eigenvalue weighted by atomic mass is 16.5. The summed E-state index contributed by atoms with van der Waals surface area (Å²) >= 11 is 0. The van der Waals surface area contributed by atoms with Crippen molar-refractivity contribution < 1.29 is 4.74 Å². The number of anilines is 1. The van der Waals surface area contributed by atoms with Crippen LogP contribution in [-0.4, -0.2) is 48.2 Å². The minimum Gasteiger partial charge on any atom is -0.493 e. The van der Waals surface area contributed by atoms with Gasteiger partial charge < -0.3 is 9.64 Å². The average Bonchev–Trinajstić information content (AvgIpc) is 2.58. The predicted octanol–water partition coefficient (Wildman–Crippen LogP) is 2.42. The summed E-state index contributed by atoms with van der Waals surface area (Å²) in [5.74, 6) is 1.81. The number of rotatable bonds is 4. The zero-order chi connectivity index (χ0) is 16.2. The van der Waals surface area contributed by atoms with E-state index < -0.39 is 0 Å². The first kappa shape index (κ1) is 15.7. The fraction of sp³-hybridized carbons (Fsp3) is 0.444. The molecule has 0 saturated carbocycles. The van der Waals surface area contributed by atoms with Gasteiger partial charge in [0.2, 0.25) is 0 Å². The molecule has 0 radical (unpaired) electrons. The lowest BCUT2D eigenvalue weighted by Crippen LogP contribution is -2.46. The summed E-state index contributed by atoms with van der Waals surface area (Å²) < 4.78 is 5.46. The van der Waals surface area contributed by atoms with Crippen molar-refractivity contribution in [3.05, 3.63) is 47.4 Å². The van der Waals surface area contributed by atoms with Crippen molar-refractivity contribution >= 4 is 5.82 Å². The minimum absolute atomic E-state index is 0.852. The topological polar surface area (TPSA) is 41.5 Å². The van der Waals surface area contributed by atoms with Gasteiger partial charge in [-0.05, 0) is 37.6 Å². The highest BCUT2D eigenvalue weighted by Gasteiger charge is 2.21. The summed E-state index contributed by atoms with van der Waals surface area (Å²) in [5.41, 5.74) is 3.46. The van der Waals surface area contributed by atoms with Crippen molar-refractivity contribution in [3.63, 3.8) is 0 Å². The molecule has 5 heteroatoms. The number of aromatic nitrogens is 2. The van der Waals surface area contributed by atoms with E-state index in [1.807, 2.05) is 31.3 Å². The van der Waals surface area contributed by atoms with Crippen LogP contribution >= 0.6 is 0 Å². The lowest BCUT2D eigenvalue weighted by Gasteiger charge is -2.36. The van der Waals surface area contributed by atoms with Gasteiger partial charge in [0.25, 0.3) is 0 Å². The second kappa shape index (κ2) is 6.96. The molecule has 2 aromatic heterocycles. The van der Waals surface area contributed by atoms with Crippen LogP contribution in [-0.2, 0) is 6.54 Å². The Hall–Kier alpha value is -2.14. The molecule has 2 aromatic rings. The van der Waals surface area contributed by atoms with Crippen LogP contribution < -0.4 is 9.64 Å². The van der Waals surface area contributed by atoms with Crippen LogP contribution in [0, 0.1) is 13.8 Å². The fourth-order valence-corrected chi connectivity index (χ4v) is 2.93. The Morgan fingerprint density at radius 1 is 1.09 bits per heavy atom. The van der Waals surface area contributed by atoms with Crippen LogP contribution in [0.3, 0.4) is 0 Å². The van der Waals surface area contributed by atoms with Gasteiger partial charge >= 0.3 is 0 Å². The zero-order valence-corrected chi connectivity index (χ0v) is 14.1. The molecular formula is C18H24N4O. The summed E-state index contributed by atoms with van der Waals surface area (Å²) in [6, 6.07) is 8.11. The Labute approximate surface area is 137 Å². The molecule has 1 aliphatic heterocycles. The Kier molecular flexibility index (Phi) is 4.76. The first-order valence-corrected chi connectivity index (χ1v) is 8.07. The van der Waals surface area contributed by atoms with Crippen molar-refractivity contribution in [2.45, 2.75) is 20.4 Å². The van der Waals surface area contributed by atoms with Gasteiger partial charge in [-0.25, -0.2) is 4.98 Å². The first-order valence-electron chi connectivity index (χ1n) is 8.07. The minimum atomic E-state index is 0.852. The van der Waals surface area contributed by atoms with Gasteiger partial charge in [-0.3, -0.25) is 9.88 Å². The molecule has 0 bridgehead atoms. The largest absolute Gasteiger partial charge is 0.493 e. The number of aryl methyl sites for hydroxylation is 2. The van der Waals surface area contributed by atoms with E-state index >= 15 is 0 Å². The molecule has 122 valence electrons. The van der Waals surface area contributed by atoms with Gasteiger partial charge in [-0.2, -0.15) is 0 Å². The average molecular weight is 312 g/mol. The second-order valence-corrected chi connectivity index (χ2v) is 6.01. The highest BCUT2D eigenvalue weighted by molar-refractivity contribution is 5.53. The van der Waals surface area contributed by atoms with Crippen LogP contribution in [0.25, 0.3) is 0 Å². The number of hydrogen-bond donors (Lipinski definition) is 0. The Morgan fingerprint density at radius 2 is 1.87 bits per heavy atom. The molecule has 0 N–H and O–H groups in total. The zero-order valence-electron chi connectivity index (χ0n) is 14.1.